The summed E-state index contributed by atoms with van der Waals surface area (Å²) in [5.41, 5.74) is 1.02. The predicted octanol–water partition coefficient (Wildman–Crippen LogP) is 4.16. The number of hydrogen-bond donors (Lipinski definition) is 0. The van der Waals surface area contributed by atoms with Crippen molar-refractivity contribution in [3.8, 4) is 5.75 Å². The summed E-state index contributed by atoms with van der Waals surface area (Å²) in [6.07, 6.45) is 5.47. The Morgan fingerprint density at radius 1 is 0.968 bits per heavy atom. The Labute approximate surface area is 184 Å². The molecular formula is C25H20ClNO4. The molecule has 0 N–H and O–H groups in total. The normalized spacial score (nSPS) is 32.1. The Bertz CT molecular complexity index is 1100. The number of carbonyl (C=O) groups excluding carboxylic acids is 3. The third-order valence-electron chi connectivity index (χ3n) is 7.27. The first kappa shape index (κ1) is 18.8. The van der Waals surface area contributed by atoms with Crippen molar-refractivity contribution in [1.82, 2.24) is 0 Å². The Hall–Kier alpha value is -2.92. The van der Waals surface area contributed by atoms with E-state index in [2.05, 4.69) is 12.2 Å². The van der Waals surface area contributed by atoms with Crippen molar-refractivity contribution in [2.24, 2.45) is 35.5 Å². The molecule has 0 aromatic heterocycles. The van der Waals surface area contributed by atoms with Gasteiger partial charge in [-0.25, -0.2) is 4.90 Å². The minimum atomic E-state index is -0.234. The smallest absolute Gasteiger partial charge is 0.238 e. The molecule has 0 spiro atoms. The van der Waals surface area contributed by atoms with Crippen LogP contribution in [-0.4, -0.2) is 24.2 Å². The molecule has 7 rings (SSSR count). The first-order chi connectivity index (χ1) is 15.0. The summed E-state index contributed by atoms with van der Waals surface area (Å²) < 4.78 is 5.68. The van der Waals surface area contributed by atoms with Crippen molar-refractivity contribution in [2.75, 3.05) is 11.5 Å². The van der Waals surface area contributed by atoms with E-state index in [0.717, 1.165) is 6.42 Å². The zero-order chi connectivity index (χ0) is 21.3. The molecule has 0 radical (unpaired) electrons. The second-order valence-corrected chi connectivity index (χ2v) is 9.32. The van der Waals surface area contributed by atoms with Crippen molar-refractivity contribution < 1.29 is 19.1 Å². The van der Waals surface area contributed by atoms with Crippen molar-refractivity contribution >= 4 is 34.9 Å². The number of nitrogens with zero attached hydrogens (tertiary/aromatic N) is 1. The van der Waals surface area contributed by atoms with E-state index in [1.807, 2.05) is 0 Å². The van der Waals surface area contributed by atoms with Gasteiger partial charge in [-0.2, -0.15) is 0 Å². The second kappa shape index (κ2) is 6.79. The molecule has 3 fully saturated rings. The molecule has 0 unspecified atom stereocenters. The molecule has 2 bridgehead atoms. The number of Topliss-reactive ketones (excluding diaryl/α,β-unsaturated/α-hetero) is 1. The summed E-state index contributed by atoms with van der Waals surface area (Å²) in [7, 11) is 0. The van der Waals surface area contributed by atoms with E-state index >= 15 is 0 Å². The van der Waals surface area contributed by atoms with Gasteiger partial charge in [-0.1, -0.05) is 29.8 Å². The molecule has 6 heteroatoms. The molecule has 156 valence electrons. The number of amides is 2. The Kier molecular flexibility index (Phi) is 4.12. The fraction of sp³-hybridized carbons (Fsp3) is 0.320. The van der Waals surface area contributed by atoms with Crippen molar-refractivity contribution in [1.29, 1.82) is 0 Å². The maximum Gasteiger partial charge on any atom is 0.238 e. The van der Waals surface area contributed by atoms with Gasteiger partial charge in [0, 0.05) is 16.7 Å². The van der Waals surface area contributed by atoms with E-state index in [-0.39, 0.29) is 47.9 Å². The highest BCUT2D eigenvalue weighted by molar-refractivity contribution is 6.30. The summed E-state index contributed by atoms with van der Waals surface area (Å²) >= 11 is 5.86. The van der Waals surface area contributed by atoms with Crippen molar-refractivity contribution in [3.63, 3.8) is 0 Å². The average Bonchev–Trinajstić information content (AvgIpc) is 3.56. The summed E-state index contributed by atoms with van der Waals surface area (Å²) in [5, 5.41) is 0.562. The van der Waals surface area contributed by atoms with Gasteiger partial charge in [0.1, 0.15) is 5.75 Å². The van der Waals surface area contributed by atoms with Crippen LogP contribution in [0.1, 0.15) is 16.8 Å². The summed E-state index contributed by atoms with van der Waals surface area (Å²) in [6.45, 7) is -0.143. The minimum Gasteiger partial charge on any atom is -0.485 e. The molecule has 2 saturated carbocycles. The first-order valence-corrected chi connectivity index (χ1v) is 11.0. The number of benzene rings is 2. The van der Waals surface area contributed by atoms with Gasteiger partial charge in [-0.05, 0) is 66.5 Å². The molecule has 2 aromatic rings. The number of ketones is 1. The predicted molar refractivity (Wildman–Crippen MR) is 115 cm³/mol. The molecule has 2 amide bonds. The number of rotatable bonds is 5. The maximum absolute atomic E-state index is 13.3. The summed E-state index contributed by atoms with van der Waals surface area (Å²) in [5.74, 6) is 1.12. The molecule has 1 aliphatic heterocycles. The molecule has 4 aliphatic carbocycles. The van der Waals surface area contributed by atoms with Crippen molar-refractivity contribution in [2.45, 2.75) is 6.42 Å². The quantitative estimate of drug-likeness (QED) is 0.403. The highest BCUT2D eigenvalue weighted by Gasteiger charge is 2.67. The number of ether oxygens (including phenoxy) is 1. The van der Waals surface area contributed by atoms with E-state index in [4.69, 9.17) is 16.3 Å². The second-order valence-electron chi connectivity index (χ2n) is 8.88. The van der Waals surface area contributed by atoms with Gasteiger partial charge in [-0.3, -0.25) is 14.4 Å². The molecule has 1 heterocycles. The van der Waals surface area contributed by atoms with Gasteiger partial charge < -0.3 is 4.74 Å². The van der Waals surface area contributed by atoms with Gasteiger partial charge in [0.2, 0.25) is 11.8 Å². The summed E-state index contributed by atoms with van der Waals surface area (Å²) in [4.78, 5) is 40.2. The van der Waals surface area contributed by atoms with Gasteiger partial charge in [0.05, 0.1) is 17.5 Å². The topological polar surface area (TPSA) is 63.7 Å². The zero-order valence-corrected chi connectivity index (χ0v) is 17.4. The van der Waals surface area contributed by atoms with Crippen LogP contribution in [-0.2, 0) is 9.59 Å². The van der Waals surface area contributed by atoms with Crippen LogP contribution in [0.2, 0.25) is 5.02 Å². The molecule has 2 aromatic carbocycles. The highest BCUT2D eigenvalue weighted by Crippen LogP contribution is 2.65. The van der Waals surface area contributed by atoms with Crippen LogP contribution < -0.4 is 9.64 Å². The van der Waals surface area contributed by atoms with Crippen LogP contribution in [0.3, 0.4) is 0 Å². The largest absolute Gasteiger partial charge is 0.485 e. The van der Waals surface area contributed by atoms with Crippen LogP contribution in [0.25, 0.3) is 0 Å². The first-order valence-electron chi connectivity index (χ1n) is 10.6. The zero-order valence-electron chi connectivity index (χ0n) is 16.6. The minimum absolute atomic E-state index is 0.103. The molecular weight excluding hydrogens is 414 g/mol. The van der Waals surface area contributed by atoms with Crippen LogP contribution >= 0.6 is 11.6 Å². The van der Waals surface area contributed by atoms with Crippen LogP contribution in [0, 0.1) is 35.5 Å². The maximum atomic E-state index is 13.3. The lowest BCUT2D eigenvalue weighted by atomic mass is 9.63. The third-order valence-corrected chi connectivity index (χ3v) is 7.53. The van der Waals surface area contributed by atoms with Crippen molar-refractivity contribution in [3.05, 3.63) is 71.3 Å². The Morgan fingerprint density at radius 2 is 1.61 bits per heavy atom. The van der Waals surface area contributed by atoms with Crippen LogP contribution in [0.5, 0.6) is 5.75 Å². The van der Waals surface area contributed by atoms with Gasteiger partial charge in [0.25, 0.3) is 0 Å². The number of allylic oxidation sites excluding steroid dienone is 2. The number of carbonyl (C=O) groups is 3. The highest BCUT2D eigenvalue weighted by atomic mass is 35.5. The van der Waals surface area contributed by atoms with E-state index in [1.165, 1.54) is 4.90 Å². The van der Waals surface area contributed by atoms with E-state index in [1.54, 1.807) is 48.5 Å². The van der Waals surface area contributed by atoms with Gasteiger partial charge in [-0.15, -0.1) is 0 Å². The number of imide groups is 1. The average molecular weight is 434 g/mol. The van der Waals surface area contributed by atoms with Crippen LogP contribution in [0.4, 0.5) is 5.69 Å². The number of hydrogen-bond acceptors (Lipinski definition) is 4. The fourth-order valence-corrected chi connectivity index (χ4v) is 5.92. The lowest BCUT2D eigenvalue weighted by Crippen LogP contribution is -2.40. The molecule has 1 saturated heterocycles. The van der Waals surface area contributed by atoms with Gasteiger partial charge in [0.15, 0.2) is 12.4 Å². The Balaban J connectivity index is 1.20. The number of anilines is 1. The van der Waals surface area contributed by atoms with Crippen LogP contribution in [0.15, 0.2) is 60.7 Å². The monoisotopic (exact) mass is 433 g/mol. The lowest BCUT2D eigenvalue weighted by molar-refractivity contribution is -0.124. The van der Waals surface area contributed by atoms with E-state index < -0.39 is 0 Å². The SMILES string of the molecule is O=C(COc1cccc(N2C(=O)[C@H]3[C@@H]4C=C[C@H]([C@@H]5C[C@H]45)[C@@H]3C2=O)c1)c1ccc(Cl)cc1. The fourth-order valence-electron chi connectivity index (χ4n) is 5.79. The molecule has 5 nitrogen and oxygen atoms in total. The lowest BCUT2D eigenvalue weighted by Gasteiger charge is -2.37. The molecule has 31 heavy (non-hydrogen) atoms. The Morgan fingerprint density at radius 3 is 2.26 bits per heavy atom. The third kappa shape index (κ3) is 2.87. The molecule has 5 aliphatic rings. The van der Waals surface area contributed by atoms with Gasteiger partial charge >= 0.3 is 0 Å². The standard InChI is InChI=1S/C25H20ClNO4/c26-14-6-4-13(5-7-14)21(28)12-31-16-3-1-2-15(10-16)27-24(29)22-17-8-9-18(20-11-19(17)20)23(22)25(27)30/h1-10,17-20,22-23H,11-12H2/t17-,18-,19-,20+,22+,23+/m1/s1. The molecule has 6 atom stereocenters. The summed E-state index contributed by atoms with van der Waals surface area (Å²) in [6, 6.07) is 13.5. The van der Waals surface area contributed by atoms with E-state index in [0.29, 0.717) is 33.9 Å². The van der Waals surface area contributed by atoms with E-state index in [9.17, 15) is 14.4 Å². The number of halogens is 1.